The second kappa shape index (κ2) is 10.0. The number of sulfonamides is 1. The molecule has 1 atom stereocenters. The van der Waals surface area contributed by atoms with E-state index < -0.39 is 10.0 Å². The van der Waals surface area contributed by atoms with E-state index in [1.807, 2.05) is 42.0 Å². The predicted octanol–water partition coefficient (Wildman–Crippen LogP) is 3.73. The lowest BCUT2D eigenvalue weighted by atomic mass is 10.1. The third-order valence-corrected chi connectivity index (χ3v) is 7.96. The average molecular weight is 520 g/mol. The third kappa shape index (κ3) is 5.55. The van der Waals surface area contributed by atoms with Crippen LogP contribution in [0.3, 0.4) is 0 Å². The molecule has 0 unspecified atom stereocenters. The van der Waals surface area contributed by atoms with Crippen LogP contribution < -0.4 is 19.8 Å². The molecular formula is C27H33N7O2S. The van der Waals surface area contributed by atoms with Crippen LogP contribution >= 0.6 is 0 Å². The van der Waals surface area contributed by atoms with Gasteiger partial charge in [0.15, 0.2) is 0 Å². The molecule has 2 N–H and O–H groups in total. The number of fused-ring (bicyclic) bond motifs is 1. The van der Waals surface area contributed by atoms with Crippen molar-refractivity contribution in [3.63, 3.8) is 0 Å². The van der Waals surface area contributed by atoms with Crippen molar-refractivity contribution in [3.05, 3.63) is 72.1 Å². The maximum Gasteiger partial charge on any atom is 0.232 e. The van der Waals surface area contributed by atoms with Crippen molar-refractivity contribution in [2.45, 2.75) is 26.4 Å². The number of anilines is 4. The summed E-state index contributed by atoms with van der Waals surface area (Å²) in [7, 11) is -1.81. The lowest BCUT2D eigenvalue weighted by Gasteiger charge is -2.33. The first-order chi connectivity index (χ1) is 17.7. The molecule has 1 aliphatic rings. The van der Waals surface area contributed by atoms with Gasteiger partial charge in [-0.1, -0.05) is 17.7 Å². The van der Waals surface area contributed by atoms with Gasteiger partial charge in [0.25, 0.3) is 0 Å². The second-order valence-electron chi connectivity index (χ2n) is 9.75. The Labute approximate surface area is 218 Å². The second-order valence-corrected chi connectivity index (χ2v) is 11.8. The molecule has 5 rings (SSSR count). The summed E-state index contributed by atoms with van der Waals surface area (Å²) in [6.07, 6.45) is 4.97. The van der Waals surface area contributed by atoms with E-state index in [1.54, 1.807) is 13.2 Å². The molecule has 0 spiro atoms. The van der Waals surface area contributed by atoms with Gasteiger partial charge in [-0.2, -0.15) is 4.98 Å². The van der Waals surface area contributed by atoms with Gasteiger partial charge in [-0.15, -0.1) is 0 Å². The highest BCUT2D eigenvalue weighted by Gasteiger charge is 2.18. The van der Waals surface area contributed by atoms with Crippen LogP contribution in [-0.4, -0.2) is 61.9 Å². The van der Waals surface area contributed by atoms with E-state index in [0.717, 1.165) is 47.5 Å². The number of nitrogens with zero attached hydrogens (tertiary/aromatic N) is 5. The van der Waals surface area contributed by atoms with Crippen molar-refractivity contribution in [1.29, 1.82) is 0 Å². The molecule has 2 aromatic carbocycles. The minimum atomic E-state index is -3.38. The maximum atomic E-state index is 12.2. The molecule has 10 heteroatoms. The maximum absolute atomic E-state index is 12.2. The van der Waals surface area contributed by atoms with E-state index in [0.29, 0.717) is 24.2 Å². The molecular weight excluding hydrogens is 486 g/mol. The van der Waals surface area contributed by atoms with Crippen molar-refractivity contribution in [2.24, 2.45) is 0 Å². The lowest BCUT2D eigenvalue weighted by molar-refractivity contribution is 0.485. The van der Waals surface area contributed by atoms with Gasteiger partial charge in [-0.05, 0) is 55.8 Å². The zero-order valence-corrected chi connectivity index (χ0v) is 22.5. The Bertz CT molecular complexity index is 1520. The fourth-order valence-corrected chi connectivity index (χ4v) is 5.26. The molecule has 3 heterocycles. The summed E-state index contributed by atoms with van der Waals surface area (Å²) in [6.45, 7) is 7.66. The number of rotatable bonds is 7. The fraction of sp³-hybridized carbons (Fsp3) is 0.333. The largest absolute Gasteiger partial charge is 0.369 e. The van der Waals surface area contributed by atoms with Gasteiger partial charge in [0.1, 0.15) is 5.65 Å². The Balaban J connectivity index is 1.38. The first-order valence-corrected chi connectivity index (χ1v) is 14.2. The van der Waals surface area contributed by atoms with Crippen molar-refractivity contribution in [3.8, 4) is 0 Å². The van der Waals surface area contributed by atoms with Gasteiger partial charge in [0.2, 0.25) is 16.0 Å². The Kier molecular flexibility index (Phi) is 6.78. The molecule has 0 amide bonds. The van der Waals surface area contributed by atoms with Gasteiger partial charge in [0.05, 0.1) is 18.5 Å². The average Bonchev–Trinajstić information content (AvgIpc) is 3.25. The summed E-state index contributed by atoms with van der Waals surface area (Å²) in [4.78, 5) is 11.7. The molecule has 1 aliphatic heterocycles. The first-order valence-electron chi connectivity index (χ1n) is 12.4. The summed E-state index contributed by atoms with van der Waals surface area (Å²) in [5, 5.41) is 7.71. The third-order valence-electron chi connectivity index (χ3n) is 6.77. The smallest absolute Gasteiger partial charge is 0.232 e. The molecule has 0 saturated carbocycles. The number of nitrogens with one attached hydrogen (secondary N) is 2. The fourth-order valence-electron chi connectivity index (χ4n) is 4.72. The molecule has 9 nitrogen and oxygen atoms in total. The molecule has 0 radical (unpaired) electrons. The van der Waals surface area contributed by atoms with Crippen LogP contribution in [0.1, 0.15) is 18.1 Å². The molecule has 1 fully saturated rings. The SMILES string of the molecule is Cc1ccc(N(C)S(C)(=O)=O)c(Cn2ccc3cnc(Nc4ccc(N5CCN[C@H](C)C5)cc4)nc32)c1. The first kappa shape index (κ1) is 25.0. The number of hydrogen-bond acceptors (Lipinski definition) is 7. The van der Waals surface area contributed by atoms with Crippen molar-refractivity contribution < 1.29 is 8.42 Å². The minimum Gasteiger partial charge on any atom is -0.369 e. The van der Waals surface area contributed by atoms with Gasteiger partial charge < -0.3 is 20.1 Å². The quantitative estimate of drug-likeness (QED) is 0.384. The van der Waals surface area contributed by atoms with Crippen LogP contribution in [0.25, 0.3) is 11.0 Å². The molecule has 1 saturated heterocycles. The van der Waals surface area contributed by atoms with Crippen LogP contribution in [0.4, 0.5) is 23.0 Å². The van der Waals surface area contributed by atoms with E-state index in [1.165, 1.54) is 16.2 Å². The van der Waals surface area contributed by atoms with Crippen molar-refractivity contribution in [1.82, 2.24) is 19.9 Å². The topological polar surface area (TPSA) is 95.4 Å². The predicted molar refractivity (Wildman–Crippen MR) is 150 cm³/mol. The highest BCUT2D eigenvalue weighted by Crippen LogP contribution is 2.26. The van der Waals surface area contributed by atoms with Gasteiger partial charge in [-0.25, -0.2) is 13.4 Å². The van der Waals surface area contributed by atoms with E-state index in [-0.39, 0.29) is 0 Å². The van der Waals surface area contributed by atoms with Crippen LogP contribution in [0.2, 0.25) is 0 Å². The Morgan fingerprint density at radius 1 is 1.16 bits per heavy atom. The molecule has 194 valence electrons. The van der Waals surface area contributed by atoms with Gasteiger partial charge in [-0.3, -0.25) is 4.31 Å². The van der Waals surface area contributed by atoms with E-state index in [2.05, 4.69) is 51.7 Å². The minimum absolute atomic E-state index is 0.477. The van der Waals surface area contributed by atoms with Gasteiger partial charge in [0, 0.05) is 61.9 Å². The van der Waals surface area contributed by atoms with Crippen LogP contribution in [0.5, 0.6) is 0 Å². The van der Waals surface area contributed by atoms with Gasteiger partial charge >= 0.3 is 0 Å². The summed E-state index contributed by atoms with van der Waals surface area (Å²) in [5.41, 5.74) is 5.51. The Morgan fingerprint density at radius 3 is 2.68 bits per heavy atom. The standard InChI is InChI=1S/C27H33N7O2S/c1-19-5-10-25(32(3)37(4,35)36)22(15-19)18-34-13-11-21-16-29-27(31-26(21)34)30-23-6-8-24(9-7-23)33-14-12-28-20(2)17-33/h5-11,13,15-16,20,28H,12,14,17-18H2,1-4H3,(H,29,30,31)/t20-/m1/s1. The number of hydrogen-bond donors (Lipinski definition) is 2. The number of aromatic nitrogens is 3. The molecule has 4 aromatic rings. The van der Waals surface area contributed by atoms with E-state index in [4.69, 9.17) is 4.98 Å². The zero-order chi connectivity index (χ0) is 26.2. The van der Waals surface area contributed by atoms with Crippen molar-refractivity contribution in [2.75, 3.05) is 47.5 Å². The van der Waals surface area contributed by atoms with Crippen LogP contribution in [0, 0.1) is 6.92 Å². The number of benzene rings is 2. The zero-order valence-electron chi connectivity index (χ0n) is 21.6. The van der Waals surface area contributed by atoms with Crippen molar-refractivity contribution >= 4 is 44.1 Å². The Hall–Kier alpha value is -3.63. The summed E-state index contributed by atoms with van der Waals surface area (Å²) < 4.78 is 27.8. The highest BCUT2D eigenvalue weighted by molar-refractivity contribution is 7.92. The summed E-state index contributed by atoms with van der Waals surface area (Å²) in [5.74, 6) is 0.508. The normalized spacial score (nSPS) is 16.2. The summed E-state index contributed by atoms with van der Waals surface area (Å²) >= 11 is 0. The van der Waals surface area contributed by atoms with E-state index in [9.17, 15) is 8.42 Å². The molecule has 37 heavy (non-hydrogen) atoms. The Morgan fingerprint density at radius 2 is 1.95 bits per heavy atom. The monoisotopic (exact) mass is 519 g/mol. The van der Waals surface area contributed by atoms with Crippen LogP contribution in [0.15, 0.2) is 60.9 Å². The molecule has 0 bridgehead atoms. The van der Waals surface area contributed by atoms with Crippen LogP contribution in [-0.2, 0) is 16.6 Å². The number of aryl methyl sites for hydroxylation is 1. The van der Waals surface area contributed by atoms with E-state index >= 15 is 0 Å². The highest BCUT2D eigenvalue weighted by atomic mass is 32.2. The lowest BCUT2D eigenvalue weighted by Crippen LogP contribution is -2.49. The summed E-state index contributed by atoms with van der Waals surface area (Å²) in [6, 6.07) is 16.6. The molecule has 2 aromatic heterocycles. The number of piperazine rings is 1. The molecule has 0 aliphatic carbocycles.